The van der Waals surface area contributed by atoms with Crippen LogP contribution in [0.1, 0.15) is 0 Å². The summed E-state index contributed by atoms with van der Waals surface area (Å²) in [6.45, 7) is 0. The standard InChI is InChI=1S/C3H3N5O4/c1-6-3(8(11)12)4-2(5-6)7(9)10/h1H3. The second-order valence-electron chi connectivity index (χ2n) is 1.85. The third-order valence-electron chi connectivity index (χ3n) is 1.06. The molecule has 1 aromatic heterocycles. The molecule has 0 saturated heterocycles. The van der Waals surface area contributed by atoms with Gasteiger partial charge in [-0.15, -0.1) is 0 Å². The van der Waals surface area contributed by atoms with Crippen LogP contribution in [-0.2, 0) is 7.05 Å². The summed E-state index contributed by atoms with van der Waals surface area (Å²) in [5.41, 5.74) is 0. The number of hydrogen-bond acceptors (Lipinski definition) is 6. The van der Waals surface area contributed by atoms with Crippen molar-refractivity contribution in [2.24, 2.45) is 7.05 Å². The molecule has 0 aromatic carbocycles. The highest BCUT2D eigenvalue weighted by molar-refractivity contribution is 5.13. The van der Waals surface area contributed by atoms with Gasteiger partial charge in [0.05, 0.1) is 12.1 Å². The molecule has 9 heteroatoms. The molecule has 0 saturated carbocycles. The first-order chi connectivity index (χ1) is 5.52. The largest absolute Gasteiger partial charge is 0.508 e. The van der Waals surface area contributed by atoms with Crippen molar-refractivity contribution in [3.63, 3.8) is 0 Å². The Morgan fingerprint density at radius 1 is 1.33 bits per heavy atom. The van der Waals surface area contributed by atoms with Crippen LogP contribution in [0.15, 0.2) is 0 Å². The minimum Gasteiger partial charge on any atom is -0.390 e. The molecule has 0 fully saturated rings. The van der Waals surface area contributed by atoms with E-state index in [4.69, 9.17) is 0 Å². The van der Waals surface area contributed by atoms with Gasteiger partial charge in [-0.25, -0.2) is 0 Å². The number of nitrogens with zero attached hydrogens (tertiary/aromatic N) is 5. The van der Waals surface area contributed by atoms with Gasteiger partial charge in [0.2, 0.25) is 0 Å². The highest BCUT2D eigenvalue weighted by Gasteiger charge is 2.25. The molecule has 0 amide bonds. The van der Waals surface area contributed by atoms with E-state index in [9.17, 15) is 20.2 Å². The predicted octanol–water partition coefficient (Wildman–Crippen LogP) is -0.369. The van der Waals surface area contributed by atoms with Gasteiger partial charge < -0.3 is 20.2 Å². The van der Waals surface area contributed by atoms with Gasteiger partial charge >= 0.3 is 11.9 Å². The van der Waals surface area contributed by atoms with E-state index in [1.807, 2.05) is 0 Å². The van der Waals surface area contributed by atoms with Crippen LogP contribution in [0.5, 0.6) is 0 Å². The zero-order valence-corrected chi connectivity index (χ0v) is 5.87. The minimum atomic E-state index is -0.896. The summed E-state index contributed by atoms with van der Waals surface area (Å²) in [6, 6.07) is 0. The fraction of sp³-hybridized carbons (Fsp3) is 0.333. The molecule has 0 N–H and O–H groups in total. The number of aromatic nitrogens is 3. The lowest BCUT2D eigenvalue weighted by molar-refractivity contribution is -0.403. The third-order valence-corrected chi connectivity index (χ3v) is 1.06. The monoisotopic (exact) mass is 173 g/mol. The topological polar surface area (TPSA) is 117 Å². The van der Waals surface area contributed by atoms with E-state index >= 15 is 0 Å². The summed E-state index contributed by atoms with van der Waals surface area (Å²) < 4.78 is 0.734. The van der Waals surface area contributed by atoms with Gasteiger partial charge in [-0.1, -0.05) is 4.68 Å². The predicted molar refractivity (Wildman–Crippen MR) is 34.3 cm³/mol. The van der Waals surface area contributed by atoms with Gasteiger partial charge in [-0.2, -0.15) is 0 Å². The van der Waals surface area contributed by atoms with Crippen LogP contribution in [0, 0.1) is 20.2 Å². The maximum Gasteiger partial charge on any atom is 0.508 e. The molecule has 0 atom stereocenters. The molecule has 1 heterocycles. The van der Waals surface area contributed by atoms with Gasteiger partial charge in [-0.3, -0.25) is 0 Å². The van der Waals surface area contributed by atoms with Gasteiger partial charge in [0.25, 0.3) is 0 Å². The Labute approximate surface area is 64.9 Å². The molecule has 0 aliphatic heterocycles. The van der Waals surface area contributed by atoms with Gasteiger partial charge in [-0.05, 0) is 9.85 Å². The first-order valence-corrected chi connectivity index (χ1v) is 2.72. The summed E-state index contributed by atoms with van der Waals surface area (Å²) >= 11 is 0. The third kappa shape index (κ3) is 1.19. The van der Waals surface area contributed by atoms with Crippen molar-refractivity contribution in [1.82, 2.24) is 14.8 Å². The Kier molecular flexibility index (Phi) is 1.69. The van der Waals surface area contributed by atoms with E-state index < -0.39 is 21.7 Å². The van der Waals surface area contributed by atoms with E-state index in [0.29, 0.717) is 0 Å². The van der Waals surface area contributed by atoms with Crippen LogP contribution in [0.3, 0.4) is 0 Å². The summed E-state index contributed by atoms with van der Waals surface area (Å²) in [5.74, 6) is -1.43. The van der Waals surface area contributed by atoms with E-state index in [1.54, 1.807) is 0 Å². The molecular formula is C3H3N5O4. The van der Waals surface area contributed by atoms with Crippen molar-refractivity contribution in [2.75, 3.05) is 0 Å². The van der Waals surface area contributed by atoms with Gasteiger partial charge in [0, 0.05) is 4.98 Å². The summed E-state index contributed by atoms with van der Waals surface area (Å²) in [5, 5.41) is 23.3. The summed E-state index contributed by atoms with van der Waals surface area (Å²) in [6.07, 6.45) is 0. The number of aryl methyl sites for hydroxylation is 1. The highest BCUT2D eigenvalue weighted by Crippen LogP contribution is 2.10. The molecule has 9 nitrogen and oxygen atoms in total. The SMILES string of the molecule is Cn1nc([N+](=O)[O-])nc1[N+](=O)[O-]. The van der Waals surface area contributed by atoms with Gasteiger partial charge in [0.15, 0.2) is 0 Å². The van der Waals surface area contributed by atoms with Crippen molar-refractivity contribution >= 4 is 11.9 Å². The molecule has 1 rings (SSSR count). The quantitative estimate of drug-likeness (QED) is 0.444. The van der Waals surface area contributed by atoms with Crippen molar-refractivity contribution in [1.29, 1.82) is 0 Å². The Hall–Kier alpha value is -2.06. The van der Waals surface area contributed by atoms with E-state index in [2.05, 4.69) is 10.1 Å². The average Bonchev–Trinajstić information content (AvgIpc) is 2.30. The van der Waals surface area contributed by atoms with E-state index in [0.717, 1.165) is 4.68 Å². The molecule has 0 unspecified atom stereocenters. The van der Waals surface area contributed by atoms with Crippen LogP contribution < -0.4 is 0 Å². The van der Waals surface area contributed by atoms with Crippen LogP contribution in [0.2, 0.25) is 0 Å². The normalized spacial score (nSPS) is 9.75. The molecule has 0 spiro atoms. The summed E-state index contributed by atoms with van der Waals surface area (Å²) in [4.78, 5) is 21.5. The molecule has 0 bridgehead atoms. The van der Waals surface area contributed by atoms with Crippen molar-refractivity contribution in [3.05, 3.63) is 20.2 Å². The zero-order chi connectivity index (χ0) is 9.30. The first-order valence-electron chi connectivity index (χ1n) is 2.72. The fourth-order valence-electron chi connectivity index (χ4n) is 0.599. The minimum absolute atomic E-state index is 0.651. The average molecular weight is 173 g/mol. The molecular weight excluding hydrogens is 170 g/mol. The Morgan fingerprint density at radius 2 is 1.92 bits per heavy atom. The molecule has 1 aromatic rings. The molecule has 64 valence electrons. The zero-order valence-electron chi connectivity index (χ0n) is 5.87. The van der Waals surface area contributed by atoms with Crippen LogP contribution in [-0.4, -0.2) is 24.6 Å². The first kappa shape index (κ1) is 8.04. The number of rotatable bonds is 2. The maximum atomic E-state index is 10.1. The molecule has 0 radical (unpaired) electrons. The van der Waals surface area contributed by atoms with Crippen molar-refractivity contribution < 1.29 is 9.85 Å². The lowest BCUT2D eigenvalue weighted by Crippen LogP contribution is -1.98. The smallest absolute Gasteiger partial charge is 0.390 e. The lowest BCUT2D eigenvalue weighted by atomic mass is 11.0. The molecule has 12 heavy (non-hydrogen) atoms. The Morgan fingerprint density at radius 3 is 2.17 bits per heavy atom. The number of hydrogen-bond donors (Lipinski definition) is 0. The van der Waals surface area contributed by atoms with Crippen molar-refractivity contribution in [3.8, 4) is 0 Å². The van der Waals surface area contributed by atoms with Gasteiger partial charge in [0.1, 0.15) is 0 Å². The molecule has 0 aliphatic rings. The Balaban J connectivity index is 3.17. The fourth-order valence-corrected chi connectivity index (χ4v) is 0.599. The Bertz CT molecular complexity index is 342. The maximum absolute atomic E-state index is 10.1. The lowest BCUT2D eigenvalue weighted by Gasteiger charge is -1.86. The summed E-state index contributed by atoms with van der Waals surface area (Å²) in [7, 11) is 1.21. The van der Waals surface area contributed by atoms with E-state index in [-0.39, 0.29) is 0 Å². The highest BCUT2D eigenvalue weighted by atomic mass is 16.6. The van der Waals surface area contributed by atoms with Crippen molar-refractivity contribution in [2.45, 2.75) is 0 Å². The van der Waals surface area contributed by atoms with E-state index in [1.165, 1.54) is 7.05 Å². The van der Waals surface area contributed by atoms with Crippen LogP contribution in [0.4, 0.5) is 11.9 Å². The van der Waals surface area contributed by atoms with Crippen LogP contribution >= 0.6 is 0 Å². The second-order valence-corrected chi connectivity index (χ2v) is 1.85. The van der Waals surface area contributed by atoms with Crippen LogP contribution in [0.25, 0.3) is 0 Å². The number of nitro groups is 2. The molecule has 0 aliphatic carbocycles. The second kappa shape index (κ2) is 2.53.